The van der Waals surface area contributed by atoms with Gasteiger partial charge >= 0.3 is 0 Å². The average Bonchev–Trinajstić information content (AvgIpc) is 2.87. The third-order valence-electron chi connectivity index (χ3n) is 4.13. The van der Waals surface area contributed by atoms with Gasteiger partial charge in [0, 0.05) is 45.1 Å². The fraction of sp³-hybridized carbons (Fsp3) is 0.562. The van der Waals surface area contributed by atoms with E-state index < -0.39 is 0 Å². The van der Waals surface area contributed by atoms with Gasteiger partial charge in [-0.1, -0.05) is 0 Å². The molecule has 1 unspecified atom stereocenters. The van der Waals surface area contributed by atoms with E-state index in [-0.39, 0.29) is 24.0 Å². The smallest absolute Gasteiger partial charge is 0.253 e. The van der Waals surface area contributed by atoms with Crippen LogP contribution in [0.4, 0.5) is 0 Å². The van der Waals surface area contributed by atoms with Crippen molar-refractivity contribution in [3.63, 3.8) is 0 Å². The molecule has 2 aliphatic rings. The standard InChI is InChI=1S/C16H21N3O4/c1-19-10-12(8-15(19)20)18-16(21)11-2-3-14(17-9-11)23-13-4-6-22-7-5-13/h2-3,9,12-13H,4-8,10H2,1H3,(H,18,21). The first kappa shape index (κ1) is 15.7. The van der Waals surface area contributed by atoms with Crippen LogP contribution in [0.15, 0.2) is 18.3 Å². The van der Waals surface area contributed by atoms with Crippen LogP contribution >= 0.6 is 0 Å². The number of pyridine rings is 1. The Morgan fingerprint density at radius 1 is 1.39 bits per heavy atom. The van der Waals surface area contributed by atoms with Crippen LogP contribution in [0.25, 0.3) is 0 Å². The minimum absolute atomic E-state index is 0.0497. The van der Waals surface area contributed by atoms with Gasteiger partial charge in [-0.15, -0.1) is 0 Å². The second-order valence-electron chi connectivity index (χ2n) is 5.96. The van der Waals surface area contributed by atoms with Gasteiger partial charge in [-0.3, -0.25) is 9.59 Å². The minimum atomic E-state index is -0.219. The molecule has 1 aromatic heterocycles. The van der Waals surface area contributed by atoms with Gasteiger partial charge in [0.2, 0.25) is 11.8 Å². The van der Waals surface area contributed by atoms with Crippen molar-refractivity contribution in [1.82, 2.24) is 15.2 Å². The van der Waals surface area contributed by atoms with E-state index in [4.69, 9.17) is 9.47 Å². The largest absolute Gasteiger partial charge is 0.474 e. The van der Waals surface area contributed by atoms with Gasteiger partial charge in [0.25, 0.3) is 5.91 Å². The number of aromatic nitrogens is 1. The predicted octanol–water partition coefficient (Wildman–Crippen LogP) is 0.600. The SMILES string of the molecule is CN1CC(NC(=O)c2ccc(OC3CCOCC3)nc2)CC1=O. The van der Waals surface area contributed by atoms with Crippen LogP contribution < -0.4 is 10.1 Å². The predicted molar refractivity (Wildman–Crippen MR) is 82.2 cm³/mol. The number of carbonyl (C=O) groups excluding carboxylic acids is 2. The second kappa shape index (κ2) is 6.95. The van der Waals surface area contributed by atoms with Crippen molar-refractivity contribution >= 4 is 11.8 Å². The molecule has 2 saturated heterocycles. The van der Waals surface area contributed by atoms with Gasteiger partial charge in [0.1, 0.15) is 6.10 Å². The third kappa shape index (κ3) is 3.98. The minimum Gasteiger partial charge on any atom is -0.474 e. The van der Waals surface area contributed by atoms with Crippen LogP contribution in [0.1, 0.15) is 29.6 Å². The van der Waals surface area contributed by atoms with E-state index in [1.165, 1.54) is 6.20 Å². The number of nitrogens with one attached hydrogen (secondary N) is 1. The van der Waals surface area contributed by atoms with E-state index in [1.54, 1.807) is 24.1 Å². The molecule has 0 aliphatic carbocycles. The summed E-state index contributed by atoms with van der Waals surface area (Å²) in [6, 6.07) is 3.26. The maximum atomic E-state index is 12.2. The molecule has 23 heavy (non-hydrogen) atoms. The number of ether oxygens (including phenoxy) is 2. The van der Waals surface area contributed by atoms with Gasteiger partial charge in [-0.25, -0.2) is 4.98 Å². The molecule has 7 heteroatoms. The molecule has 1 atom stereocenters. The van der Waals surface area contributed by atoms with Crippen molar-refractivity contribution in [2.75, 3.05) is 26.8 Å². The van der Waals surface area contributed by atoms with Gasteiger partial charge in [0.05, 0.1) is 24.8 Å². The Hall–Kier alpha value is -2.15. The molecule has 124 valence electrons. The maximum absolute atomic E-state index is 12.2. The van der Waals surface area contributed by atoms with Crippen molar-refractivity contribution in [1.29, 1.82) is 0 Å². The zero-order chi connectivity index (χ0) is 16.2. The second-order valence-corrected chi connectivity index (χ2v) is 5.96. The van der Waals surface area contributed by atoms with Crippen LogP contribution in [0.3, 0.4) is 0 Å². The fourth-order valence-electron chi connectivity index (χ4n) is 2.78. The summed E-state index contributed by atoms with van der Waals surface area (Å²) in [7, 11) is 1.73. The lowest BCUT2D eigenvalue weighted by atomic mass is 10.1. The number of carbonyl (C=O) groups is 2. The molecule has 7 nitrogen and oxygen atoms in total. The molecule has 2 fully saturated rings. The van der Waals surface area contributed by atoms with Crippen molar-refractivity contribution < 1.29 is 19.1 Å². The average molecular weight is 319 g/mol. The first-order valence-electron chi connectivity index (χ1n) is 7.87. The molecular formula is C16H21N3O4. The number of likely N-dealkylation sites (tertiary alicyclic amines) is 1. The molecule has 2 amide bonds. The topological polar surface area (TPSA) is 80.8 Å². The van der Waals surface area contributed by atoms with E-state index >= 15 is 0 Å². The Balaban J connectivity index is 1.54. The van der Waals surface area contributed by atoms with Crippen LogP contribution in [0.5, 0.6) is 5.88 Å². The Morgan fingerprint density at radius 2 is 2.17 bits per heavy atom. The Morgan fingerprint density at radius 3 is 2.78 bits per heavy atom. The summed E-state index contributed by atoms with van der Waals surface area (Å²) >= 11 is 0. The van der Waals surface area contributed by atoms with Crippen LogP contribution in [0.2, 0.25) is 0 Å². The highest BCUT2D eigenvalue weighted by Crippen LogP contribution is 2.16. The van der Waals surface area contributed by atoms with Crippen molar-refractivity contribution in [2.24, 2.45) is 0 Å². The summed E-state index contributed by atoms with van der Waals surface area (Å²) < 4.78 is 11.1. The number of amides is 2. The highest BCUT2D eigenvalue weighted by atomic mass is 16.5. The summed E-state index contributed by atoms with van der Waals surface area (Å²) in [6.45, 7) is 1.96. The van der Waals surface area contributed by atoms with Crippen molar-refractivity contribution in [3.8, 4) is 5.88 Å². The molecule has 3 rings (SSSR count). The summed E-state index contributed by atoms with van der Waals surface area (Å²) in [6.07, 6.45) is 3.68. The van der Waals surface area contributed by atoms with E-state index in [2.05, 4.69) is 10.3 Å². The summed E-state index contributed by atoms with van der Waals surface area (Å²) in [5.74, 6) is 0.348. The Kier molecular flexibility index (Phi) is 4.76. The fourth-order valence-corrected chi connectivity index (χ4v) is 2.78. The van der Waals surface area contributed by atoms with Gasteiger partial charge in [0.15, 0.2) is 0 Å². The van der Waals surface area contributed by atoms with Gasteiger partial charge in [-0.05, 0) is 6.07 Å². The summed E-state index contributed by atoms with van der Waals surface area (Å²) in [4.78, 5) is 29.5. The summed E-state index contributed by atoms with van der Waals surface area (Å²) in [5.41, 5.74) is 0.464. The first-order valence-corrected chi connectivity index (χ1v) is 7.87. The summed E-state index contributed by atoms with van der Waals surface area (Å²) in [5, 5.41) is 2.86. The first-order chi connectivity index (χ1) is 11.1. The van der Waals surface area contributed by atoms with Crippen molar-refractivity contribution in [3.05, 3.63) is 23.9 Å². The maximum Gasteiger partial charge on any atom is 0.253 e. The molecule has 0 radical (unpaired) electrons. The van der Waals surface area contributed by atoms with Crippen LogP contribution in [-0.2, 0) is 9.53 Å². The monoisotopic (exact) mass is 319 g/mol. The highest BCUT2D eigenvalue weighted by Gasteiger charge is 2.28. The van der Waals surface area contributed by atoms with Crippen LogP contribution in [-0.4, -0.2) is 60.7 Å². The van der Waals surface area contributed by atoms with Crippen molar-refractivity contribution in [2.45, 2.75) is 31.4 Å². The quantitative estimate of drug-likeness (QED) is 0.879. The molecule has 1 N–H and O–H groups in total. The normalized spacial score (nSPS) is 22.2. The van der Waals surface area contributed by atoms with E-state index in [0.29, 0.717) is 37.6 Å². The molecular weight excluding hydrogens is 298 g/mol. The van der Waals surface area contributed by atoms with E-state index in [0.717, 1.165) is 12.8 Å². The number of rotatable bonds is 4. The highest BCUT2D eigenvalue weighted by molar-refractivity contribution is 5.94. The Bertz CT molecular complexity index is 569. The molecule has 0 spiro atoms. The van der Waals surface area contributed by atoms with Gasteiger partial charge in [-0.2, -0.15) is 0 Å². The number of hydrogen-bond acceptors (Lipinski definition) is 5. The molecule has 3 heterocycles. The van der Waals surface area contributed by atoms with E-state index in [9.17, 15) is 9.59 Å². The lowest BCUT2D eigenvalue weighted by molar-refractivity contribution is -0.126. The zero-order valence-electron chi connectivity index (χ0n) is 13.2. The molecule has 1 aromatic rings. The molecule has 0 bridgehead atoms. The lowest BCUT2D eigenvalue weighted by Crippen LogP contribution is -2.36. The lowest BCUT2D eigenvalue weighted by Gasteiger charge is -2.22. The number of hydrogen-bond donors (Lipinski definition) is 1. The third-order valence-corrected chi connectivity index (χ3v) is 4.13. The number of likely N-dealkylation sites (N-methyl/N-ethyl adjacent to an activating group) is 1. The zero-order valence-corrected chi connectivity index (χ0v) is 13.2. The van der Waals surface area contributed by atoms with E-state index in [1.807, 2.05) is 0 Å². The molecule has 2 aliphatic heterocycles. The molecule has 0 aromatic carbocycles. The number of nitrogens with zero attached hydrogens (tertiary/aromatic N) is 2. The van der Waals surface area contributed by atoms with Crippen LogP contribution in [0, 0.1) is 0 Å². The van der Waals surface area contributed by atoms with Gasteiger partial charge < -0.3 is 19.7 Å². The molecule has 0 saturated carbocycles. The Labute approximate surface area is 135 Å².